The van der Waals surface area contributed by atoms with Gasteiger partial charge in [0.1, 0.15) is 12.2 Å². The van der Waals surface area contributed by atoms with Gasteiger partial charge < -0.3 is 25.3 Å². The highest BCUT2D eigenvalue weighted by Crippen LogP contribution is 2.41. The smallest absolute Gasteiger partial charge is 0.431 e. The van der Waals surface area contributed by atoms with E-state index in [1.165, 1.54) is 16.5 Å². The van der Waals surface area contributed by atoms with Crippen molar-refractivity contribution in [1.82, 2.24) is 19.8 Å². The Morgan fingerprint density at radius 2 is 2.28 bits per heavy atom. The highest BCUT2D eigenvalue weighted by atomic mass is 32.3. The van der Waals surface area contributed by atoms with Crippen LogP contribution in [0.25, 0.3) is 0 Å². The number of rotatable bonds is 10. The minimum atomic E-state index is -4.90. The third-order valence-corrected chi connectivity index (χ3v) is 6.17. The number of hydrogen-bond acceptors (Lipinski definition) is 10. The predicted molar refractivity (Wildman–Crippen MR) is 113 cm³/mol. The van der Waals surface area contributed by atoms with E-state index >= 15 is 0 Å². The van der Waals surface area contributed by atoms with E-state index in [-0.39, 0.29) is 42.8 Å². The zero-order valence-electron chi connectivity index (χ0n) is 16.8. The van der Waals surface area contributed by atoms with E-state index in [0.29, 0.717) is 28.2 Å². The van der Waals surface area contributed by atoms with Crippen LogP contribution >= 0.6 is 11.3 Å². The van der Waals surface area contributed by atoms with Crippen molar-refractivity contribution in [3.05, 3.63) is 15.6 Å². The SMILES string of the molecule is CB(O)N=C(N)N([B]C=O)CCCC(=O)c1nc2c(s1)C1CN(C2)C(=O)N1OS(=O)(=O)O. The third-order valence-electron chi connectivity index (χ3n) is 4.58. The molecule has 18 heteroatoms. The molecule has 1 fully saturated rings. The van der Waals surface area contributed by atoms with Gasteiger partial charge in [0.05, 0.1) is 23.7 Å². The number of aromatic nitrogens is 1. The fourth-order valence-corrected chi connectivity index (χ4v) is 4.78. The van der Waals surface area contributed by atoms with Crippen LogP contribution in [0.4, 0.5) is 4.79 Å². The summed E-state index contributed by atoms with van der Waals surface area (Å²) in [6, 6.07) is -1.55. The fourth-order valence-electron chi connectivity index (χ4n) is 3.30. The molecule has 0 spiro atoms. The van der Waals surface area contributed by atoms with Gasteiger partial charge in [-0.25, -0.2) is 9.78 Å². The second kappa shape index (κ2) is 9.53. The van der Waals surface area contributed by atoms with Crippen molar-refractivity contribution in [3.63, 3.8) is 0 Å². The summed E-state index contributed by atoms with van der Waals surface area (Å²) in [5.41, 5.74) is 6.18. The summed E-state index contributed by atoms with van der Waals surface area (Å²) in [5.74, 6) is -0.362. The average Bonchev–Trinajstić information content (AvgIpc) is 3.22. The number of urea groups is 1. The largest absolute Gasteiger partial charge is 0.431 e. The van der Waals surface area contributed by atoms with Gasteiger partial charge >= 0.3 is 30.9 Å². The number of fused-ring (bicyclic) bond motifs is 4. The molecule has 1 unspecified atom stereocenters. The molecule has 32 heavy (non-hydrogen) atoms. The summed E-state index contributed by atoms with van der Waals surface area (Å²) < 4.78 is 35.5. The molecule has 1 aromatic rings. The van der Waals surface area contributed by atoms with Crippen LogP contribution in [0.2, 0.25) is 6.82 Å². The number of carbonyl (C=O) groups is 3. The minimum absolute atomic E-state index is 0.0656. The van der Waals surface area contributed by atoms with Gasteiger partial charge in [-0.05, 0) is 13.2 Å². The number of guanidine groups is 1. The van der Waals surface area contributed by atoms with E-state index in [9.17, 15) is 27.8 Å². The molecule has 1 aromatic heterocycles. The van der Waals surface area contributed by atoms with Gasteiger partial charge in [-0.15, -0.1) is 15.6 Å². The van der Waals surface area contributed by atoms with E-state index in [0.717, 1.165) is 18.8 Å². The number of nitrogens with two attached hydrogens (primary N) is 1. The van der Waals surface area contributed by atoms with Crippen molar-refractivity contribution >= 4 is 60.2 Å². The molecule has 171 valence electrons. The Morgan fingerprint density at radius 3 is 2.91 bits per heavy atom. The van der Waals surface area contributed by atoms with Crippen molar-refractivity contribution in [2.24, 2.45) is 10.6 Å². The van der Waals surface area contributed by atoms with Gasteiger partial charge in [-0.1, -0.05) is 0 Å². The lowest BCUT2D eigenvalue weighted by molar-refractivity contribution is -0.0307. The first kappa shape index (κ1) is 24.1. The third kappa shape index (κ3) is 5.44. The predicted octanol–water partition coefficient (Wildman–Crippen LogP) is -1.33. The van der Waals surface area contributed by atoms with Crippen molar-refractivity contribution in [1.29, 1.82) is 0 Å². The lowest BCUT2D eigenvalue weighted by atomic mass is 9.90. The van der Waals surface area contributed by atoms with Gasteiger partial charge in [0, 0.05) is 13.0 Å². The van der Waals surface area contributed by atoms with Crippen LogP contribution in [0.15, 0.2) is 4.90 Å². The quantitative estimate of drug-likeness (QED) is 0.0887. The molecule has 0 aliphatic carbocycles. The summed E-state index contributed by atoms with van der Waals surface area (Å²) in [6.07, 6.45) is 0.874. The maximum atomic E-state index is 12.6. The van der Waals surface area contributed by atoms with Crippen LogP contribution in [-0.2, 0) is 26.0 Å². The number of Topliss-reactive ketones (excluding diaryl/α,β-unsaturated/α-hetero) is 1. The van der Waals surface area contributed by atoms with Crippen molar-refractivity contribution in [2.75, 3.05) is 13.1 Å². The first-order chi connectivity index (χ1) is 15.0. The molecule has 2 amide bonds. The van der Waals surface area contributed by atoms with Crippen molar-refractivity contribution < 1.29 is 36.7 Å². The molecule has 1 radical (unpaired) electrons. The van der Waals surface area contributed by atoms with Crippen LogP contribution in [0.5, 0.6) is 0 Å². The molecule has 3 rings (SSSR count). The molecule has 0 saturated carbocycles. The number of ketones is 1. The fraction of sp³-hybridized carbons (Fsp3) is 0.500. The summed E-state index contributed by atoms with van der Waals surface area (Å²) >= 11 is 1.02. The molecule has 3 heterocycles. The minimum Gasteiger partial charge on any atom is -0.431 e. The second-order valence-electron chi connectivity index (χ2n) is 6.96. The van der Waals surface area contributed by atoms with Crippen LogP contribution in [0.1, 0.15) is 39.3 Å². The Labute approximate surface area is 188 Å². The summed E-state index contributed by atoms with van der Waals surface area (Å²) in [4.78, 5) is 46.8. The highest BCUT2D eigenvalue weighted by Gasteiger charge is 2.47. The number of hydroxylamine groups is 2. The molecular formula is C14H19B2N6O8S2. The Hall–Kier alpha value is -2.53. The maximum absolute atomic E-state index is 12.6. The summed E-state index contributed by atoms with van der Waals surface area (Å²) in [5, 5.41) is 10.0. The number of nitrogens with zero attached hydrogens (tertiary/aromatic N) is 5. The van der Waals surface area contributed by atoms with E-state index in [4.69, 9.17) is 10.3 Å². The second-order valence-corrected chi connectivity index (χ2v) is 9.00. The molecule has 1 atom stereocenters. The zero-order chi connectivity index (χ0) is 23.6. The van der Waals surface area contributed by atoms with Gasteiger partial charge in [0.25, 0.3) is 0 Å². The molecule has 2 aliphatic heterocycles. The van der Waals surface area contributed by atoms with E-state index in [1.807, 2.05) is 0 Å². The van der Waals surface area contributed by atoms with Crippen molar-refractivity contribution in [3.8, 4) is 0 Å². The van der Waals surface area contributed by atoms with Gasteiger partial charge in [0.2, 0.25) is 0 Å². The molecule has 14 nitrogen and oxygen atoms in total. The lowest BCUT2D eigenvalue weighted by Gasteiger charge is -2.20. The van der Waals surface area contributed by atoms with Gasteiger partial charge in [0.15, 0.2) is 16.8 Å². The number of amides is 2. The normalized spacial score (nSPS) is 17.9. The first-order valence-corrected chi connectivity index (χ1v) is 11.5. The molecule has 1 saturated heterocycles. The molecule has 2 aliphatic rings. The first-order valence-electron chi connectivity index (χ1n) is 9.34. The maximum Gasteiger partial charge on any atom is 0.431 e. The summed E-state index contributed by atoms with van der Waals surface area (Å²) in [6.45, 7) is 1.81. The molecule has 4 N–H and O–H groups in total. The number of hydrogen-bond donors (Lipinski definition) is 3. The van der Waals surface area contributed by atoms with Gasteiger partial charge in [-0.3, -0.25) is 14.3 Å². The van der Waals surface area contributed by atoms with Crippen molar-refractivity contribution in [2.45, 2.75) is 32.3 Å². The molecule has 0 aromatic carbocycles. The zero-order valence-corrected chi connectivity index (χ0v) is 18.5. The van der Waals surface area contributed by atoms with Gasteiger partial charge in [-0.2, -0.15) is 13.5 Å². The summed E-state index contributed by atoms with van der Waals surface area (Å²) in [7, 11) is -4.82. The van der Waals surface area contributed by atoms with Crippen LogP contribution in [0, 0.1) is 0 Å². The number of thiazole rings is 1. The monoisotopic (exact) mass is 485 g/mol. The molecule has 2 bridgehead atoms. The Bertz CT molecular complexity index is 1050. The standard InChI is InChI=1S/C14H19B2N6O8S2/c1-16(26)19-13(17)21(15-7-23)4-2-3-10(24)12-18-8-5-20-6-9(11(8)31-12)22(14(20)25)30-32(27,28)29/h7,9,26H,2-6H2,1H3,(H2,17,19)(H,27,28,29). The van der Waals surface area contributed by atoms with Crippen LogP contribution in [0.3, 0.4) is 0 Å². The van der Waals surface area contributed by atoms with Crippen LogP contribution < -0.4 is 5.73 Å². The Kier molecular flexibility index (Phi) is 7.19. The van der Waals surface area contributed by atoms with E-state index < -0.39 is 29.5 Å². The Morgan fingerprint density at radius 1 is 1.56 bits per heavy atom. The Balaban J connectivity index is 1.66. The molecular weight excluding hydrogens is 466 g/mol. The lowest BCUT2D eigenvalue weighted by Crippen LogP contribution is -2.42. The average molecular weight is 485 g/mol. The van der Waals surface area contributed by atoms with E-state index in [2.05, 4.69) is 14.2 Å². The highest BCUT2D eigenvalue weighted by molar-refractivity contribution is 7.80. The number of carbonyl (C=O) groups excluding carboxylic acids is 3. The topological polar surface area (TPSA) is 196 Å². The van der Waals surface area contributed by atoms with Crippen LogP contribution in [-0.4, -0.2) is 89.3 Å². The van der Waals surface area contributed by atoms with E-state index in [1.54, 1.807) is 0 Å².